The second kappa shape index (κ2) is 10.4. The lowest BCUT2D eigenvalue weighted by molar-refractivity contribution is 0.182. The molecule has 4 nitrogen and oxygen atoms in total. The van der Waals surface area contributed by atoms with E-state index in [0.717, 1.165) is 53.6 Å². The number of aliphatic hydroxyl groups is 1. The summed E-state index contributed by atoms with van der Waals surface area (Å²) in [6.07, 6.45) is 15.1. The fourth-order valence-electron chi connectivity index (χ4n) is 2.99. The third-order valence-corrected chi connectivity index (χ3v) is 4.63. The van der Waals surface area contributed by atoms with Gasteiger partial charge in [-0.3, -0.25) is 4.98 Å². The van der Waals surface area contributed by atoms with E-state index in [1.807, 2.05) is 43.7 Å². The molecule has 3 aromatic rings. The second-order valence-corrected chi connectivity index (χ2v) is 7.14. The van der Waals surface area contributed by atoms with E-state index in [0.29, 0.717) is 5.82 Å². The van der Waals surface area contributed by atoms with Gasteiger partial charge in [-0.05, 0) is 55.4 Å². The lowest BCUT2D eigenvalue weighted by Gasteiger charge is -2.04. The molecule has 2 aromatic heterocycles. The summed E-state index contributed by atoms with van der Waals surface area (Å²) in [6.45, 7) is 5.57. The van der Waals surface area contributed by atoms with Gasteiger partial charge >= 0.3 is 0 Å². The lowest BCUT2D eigenvalue weighted by Crippen LogP contribution is -1.97. The lowest BCUT2D eigenvalue weighted by atomic mass is 10.1. The van der Waals surface area contributed by atoms with Gasteiger partial charge in [0.15, 0.2) is 5.82 Å². The van der Waals surface area contributed by atoms with Crippen LogP contribution in [0.15, 0.2) is 73.7 Å². The number of aliphatic hydroxyl groups excluding tert-OH is 1. The van der Waals surface area contributed by atoms with Crippen molar-refractivity contribution >= 4 is 6.08 Å². The maximum atomic E-state index is 9.28. The molecule has 0 saturated heterocycles. The van der Waals surface area contributed by atoms with E-state index in [1.54, 1.807) is 0 Å². The summed E-state index contributed by atoms with van der Waals surface area (Å²) in [5.74, 6) is 0.621. The molecule has 0 amide bonds. The van der Waals surface area contributed by atoms with E-state index < -0.39 is 0 Å². The highest BCUT2D eigenvalue weighted by Crippen LogP contribution is 2.21. The Bertz CT molecular complexity index is 927. The predicted molar refractivity (Wildman–Crippen MR) is 119 cm³/mol. The summed E-state index contributed by atoms with van der Waals surface area (Å²) in [7, 11) is 0. The van der Waals surface area contributed by atoms with Crippen molar-refractivity contribution in [3.63, 3.8) is 0 Å². The van der Waals surface area contributed by atoms with Crippen LogP contribution in [0.2, 0.25) is 0 Å². The molecule has 1 atom stereocenters. The van der Waals surface area contributed by atoms with E-state index in [1.165, 1.54) is 0 Å². The van der Waals surface area contributed by atoms with E-state index in [-0.39, 0.29) is 6.10 Å². The van der Waals surface area contributed by atoms with Gasteiger partial charge in [-0.1, -0.05) is 48.6 Å². The Morgan fingerprint density at radius 3 is 2.34 bits per heavy atom. The van der Waals surface area contributed by atoms with Gasteiger partial charge in [0.2, 0.25) is 0 Å². The molecule has 0 radical (unpaired) electrons. The minimum Gasteiger partial charge on any atom is -0.393 e. The zero-order valence-corrected chi connectivity index (χ0v) is 16.8. The molecule has 2 heterocycles. The van der Waals surface area contributed by atoms with Crippen molar-refractivity contribution < 1.29 is 5.11 Å². The Hall–Kier alpha value is -3.11. The maximum Gasteiger partial charge on any atom is 0.178 e. The molecule has 1 unspecified atom stereocenters. The van der Waals surface area contributed by atoms with Crippen LogP contribution in [0.3, 0.4) is 0 Å². The fraction of sp³-hybridized carbons (Fsp3) is 0.240. The zero-order valence-electron chi connectivity index (χ0n) is 16.8. The molecule has 0 saturated carbocycles. The Balaban J connectivity index is 1.62. The molecule has 0 aliphatic heterocycles. The van der Waals surface area contributed by atoms with Crippen LogP contribution in [-0.4, -0.2) is 26.2 Å². The molecule has 0 bridgehead atoms. The fourth-order valence-corrected chi connectivity index (χ4v) is 2.99. The molecule has 0 spiro atoms. The topological polar surface area (TPSA) is 58.9 Å². The molecule has 1 N–H and O–H groups in total. The van der Waals surface area contributed by atoms with Gasteiger partial charge < -0.3 is 5.11 Å². The first-order valence-corrected chi connectivity index (χ1v) is 9.99. The highest BCUT2D eigenvalue weighted by molar-refractivity contribution is 5.65. The van der Waals surface area contributed by atoms with Crippen molar-refractivity contribution in [2.75, 3.05) is 0 Å². The number of aromatic nitrogens is 3. The quantitative estimate of drug-likeness (QED) is 0.390. The number of allylic oxidation sites excluding steroid dienone is 2. The van der Waals surface area contributed by atoms with Crippen LogP contribution in [-0.2, 0) is 6.42 Å². The standard InChI is InChI=1S/C25H27N3O/c1-3-7-21-12-15-24(26-16-21)25-27-17-23(18-28-25)22-13-10-20(11-14-22)9-6-4-5-8-19(2)29/h3,6,9-19,29H,1,4-5,7-8H2,2H3. The van der Waals surface area contributed by atoms with Crippen molar-refractivity contribution in [2.45, 2.75) is 38.7 Å². The molecule has 29 heavy (non-hydrogen) atoms. The van der Waals surface area contributed by atoms with Crippen LogP contribution >= 0.6 is 0 Å². The monoisotopic (exact) mass is 385 g/mol. The van der Waals surface area contributed by atoms with E-state index in [2.05, 4.69) is 57.9 Å². The van der Waals surface area contributed by atoms with Crippen molar-refractivity contribution in [3.8, 4) is 22.6 Å². The molecular weight excluding hydrogens is 358 g/mol. The van der Waals surface area contributed by atoms with Gasteiger partial charge in [0.25, 0.3) is 0 Å². The van der Waals surface area contributed by atoms with Crippen molar-refractivity contribution in [3.05, 3.63) is 84.8 Å². The van der Waals surface area contributed by atoms with Gasteiger partial charge in [-0.15, -0.1) is 6.58 Å². The van der Waals surface area contributed by atoms with E-state index in [4.69, 9.17) is 0 Å². The smallest absolute Gasteiger partial charge is 0.178 e. The van der Waals surface area contributed by atoms with Gasteiger partial charge in [-0.2, -0.15) is 0 Å². The number of hydrogen-bond donors (Lipinski definition) is 1. The number of nitrogens with zero attached hydrogens (tertiary/aromatic N) is 3. The highest BCUT2D eigenvalue weighted by Gasteiger charge is 2.05. The van der Waals surface area contributed by atoms with Gasteiger partial charge in [-0.25, -0.2) is 9.97 Å². The SMILES string of the molecule is C=CCc1ccc(-c2ncc(-c3ccc(C=CCCCC(C)O)cc3)cn2)nc1. The van der Waals surface area contributed by atoms with Crippen LogP contribution in [0.1, 0.15) is 37.3 Å². The van der Waals surface area contributed by atoms with Gasteiger partial charge in [0.1, 0.15) is 5.69 Å². The van der Waals surface area contributed by atoms with Crippen molar-refractivity contribution in [1.82, 2.24) is 15.0 Å². The third kappa shape index (κ3) is 6.19. The van der Waals surface area contributed by atoms with Crippen molar-refractivity contribution in [1.29, 1.82) is 0 Å². The molecule has 4 heteroatoms. The first-order valence-electron chi connectivity index (χ1n) is 9.99. The Morgan fingerprint density at radius 2 is 1.72 bits per heavy atom. The number of pyridine rings is 1. The van der Waals surface area contributed by atoms with Crippen molar-refractivity contribution in [2.24, 2.45) is 0 Å². The maximum absolute atomic E-state index is 9.28. The minimum atomic E-state index is -0.219. The van der Waals surface area contributed by atoms with Gasteiger partial charge in [0, 0.05) is 24.2 Å². The molecule has 148 valence electrons. The average Bonchev–Trinajstić information content (AvgIpc) is 2.75. The minimum absolute atomic E-state index is 0.219. The molecule has 0 fully saturated rings. The summed E-state index contributed by atoms with van der Waals surface area (Å²) in [5.41, 5.74) is 5.10. The zero-order chi connectivity index (χ0) is 20.5. The largest absolute Gasteiger partial charge is 0.393 e. The van der Waals surface area contributed by atoms with Crippen LogP contribution in [0.25, 0.3) is 28.7 Å². The molecule has 0 aliphatic carbocycles. The predicted octanol–water partition coefficient (Wildman–Crippen LogP) is 5.50. The summed E-state index contributed by atoms with van der Waals surface area (Å²) in [6, 6.07) is 12.3. The number of rotatable bonds is 9. The van der Waals surface area contributed by atoms with E-state index in [9.17, 15) is 5.11 Å². The van der Waals surface area contributed by atoms with E-state index >= 15 is 0 Å². The number of unbranched alkanes of at least 4 members (excludes halogenated alkanes) is 1. The summed E-state index contributed by atoms with van der Waals surface area (Å²) in [4.78, 5) is 13.4. The van der Waals surface area contributed by atoms with Gasteiger partial charge in [0.05, 0.1) is 6.10 Å². The highest BCUT2D eigenvalue weighted by atomic mass is 16.3. The average molecular weight is 386 g/mol. The Kier molecular flexibility index (Phi) is 7.42. The first-order chi connectivity index (χ1) is 14.2. The van der Waals surface area contributed by atoms with Crippen LogP contribution < -0.4 is 0 Å². The normalized spacial score (nSPS) is 12.2. The second-order valence-electron chi connectivity index (χ2n) is 7.14. The Morgan fingerprint density at radius 1 is 0.966 bits per heavy atom. The Labute approximate surface area is 172 Å². The summed E-state index contributed by atoms with van der Waals surface area (Å²) >= 11 is 0. The molecule has 3 rings (SSSR count). The third-order valence-electron chi connectivity index (χ3n) is 4.63. The molecule has 0 aliphatic rings. The van der Waals surface area contributed by atoms with Crippen LogP contribution in [0.4, 0.5) is 0 Å². The number of hydrogen-bond acceptors (Lipinski definition) is 4. The summed E-state index contributed by atoms with van der Waals surface area (Å²) < 4.78 is 0. The first kappa shape index (κ1) is 20.6. The van der Waals surface area contributed by atoms with Crippen LogP contribution in [0, 0.1) is 0 Å². The molecular formula is C25H27N3O. The van der Waals surface area contributed by atoms with Crippen LogP contribution in [0.5, 0.6) is 0 Å². The summed E-state index contributed by atoms with van der Waals surface area (Å²) in [5, 5.41) is 9.28. The number of benzene rings is 1. The molecule has 1 aromatic carbocycles.